The third kappa shape index (κ3) is 3.44. The first-order valence-electron chi connectivity index (χ1n) is 4.39. The van der Waals surface area contributed by atoms with Crippen LogP contribution in [0.2, 0.25) is 0 Å². The lowest BCUT2D eigenvalue weighted by Gasteiger charge is -2.33. The molecular weight excluding hydrogens is 158 g/mol. The number of hydrogen-bond acceptors (Lipinski definition) is 1. The number of halogens is 1. The Kier molecular flexibility index (Phi) is 4.42. The molecule has 0 amide bonds. The van der Waals surface area contributed by atoms with Crippen LogP contribution in [0.3, 0.4) is 0 Å². The van der Waals surface area contributed by atoms with Gasteiger partial charge in [-0.15, -0.1) is 12.4 Å². The molecule has 0 heterocycles. The van der Waals surface area contributed by atoms with E-state index in [2.05, 4.69) is 13.8 Å². The van der Waals surface area contributed by atoms with Gasteiger partial charge in [0, 0.05) is 5.54 Å². The summed E-state index contributed by atoms with van der Waals surface area (Å²) in [5.74, 6) is 0.779. The Morgan fingerprint density at radius 1 is 1.09 bits per heavy atom. The molecule has 2 N–H and O–H groups in total. The fourth-order valence-electron chi connectivity index (χ4n) is 1.85. The van der Waals surface area contributed by atoms with Crippen molar-refractivity contribution in [1.29, 1.82) is 0 Å². The molecule has 0 saturated heterocycles. The predicted molar refractivity (Wildman–Crippen MR) is 52.1 cm³/mol. The van der Waals surface area contributed by atoms with Gasteiger partial charge in [0.15, 0.2) is 0 Å². The zero-order valence-electron chi connectivity index (χ0n) is 7.60. The first-order valence-corrected chi connectivity index (χ1v) is 4.39. The Bertz CT molecular complexity index is 101. The highest BCUT2D eigenvalue weighted by atomic mass is 35.5. The first kappa shape index (κ1) is 11.2. The lowest BCUT2D eigenvalue weighted by atomic mass is 9.77. The van der Waals surface area contributed by atoms with Crippen LogP contribution in [-0.4, -0.2) is 5.54 Å². The van der Waals surface area contributed by atoms with Gasteiger partial charge in [0.2, 0.25) is 0 Å². The van der Waals surface area contributed by atoms with E-state index in [9.17, 15) is 0 Å². The van der Waals surface area contributed by atoms with Gasteiger partial charge in [0.05, 0.1) is 0 Å². The van der Waals surface area contributed by atoms with Gasteiger partial charge < -0.3 is 5.73 Å². The van der Waals surface area contributed by atoms with Crippen molar-refractivity contribution in [3.8, 4) is 0 Å². The lowest BCUT2D eigenvalue weighted by molar-refractivity contribution is 0.240. The van der Waals surface area contributed by atoms with Crippen molar-refractivity contribution in [2.24, 2.45) is 11.7 Å². The summed E-state index contributed by atoms with van der Waals surface area (Å²) in [5.41, 5.74) is 6.08. The standard InChI is InChI=1S/C9H19N.ClH/c1-9(2,10)8-6-4-3-5-7-8;/h8H,3-7,10H2,1-2H3;1H. The van der Waals surface area contributed by atoms with Gasteiger partial charge in [0.25, 0.3) is 0 Å². The Morgan fingerprint density at radius 3 is 1.82 bits per heavy atom. The molecule has 0 aromatic rings. The molecule has 1 nitrogen and oxygen atoms in total. The number of hydrogen-bond donors (Lipinski definition) is 1. The summed E-state index contributed by atoms with van der Waals surface area (Å²) >= 11 is 0. The fraction of sp³-hybridized carbons (Fsp3) is 1.00. The van der Waals surface area contributed by atoms with E-state index in [1.54, 1.807) is 0 Å². The third-order valence-corrected chi connectivity index (χ3v) is 2.66. The quantitative estimate of drug-likeness (QED) is 0.655. The first-order chi connectivity index (χ1) is 4.61. The maximum absolute atomic E-state index is 6.01. The molecule has 0 unspecified atom stereocenters. The molecular formula is C9H20ClN. The van der Waals surface area contributed by atoms with Crippen molar-refractivity contribution in [2.75, 3.05) is 0 Å². The Balaban J connectivity index is 0.000001000. The minimum Gasteiger partial charge on any atom is -0.325 e. The highest BCUT2D eigenvalue weighted by Crippen LogP contribution is 2.30. The third-order valence-electron chi connectivity index (χ3n) is 2.66. The van der Waals surface area contributed by atoms with E-state index < -0.39 is 0 Å². The summed E-state index contributed by atoms with van der Waals surface area (Å²) < 4.78 is 0. The molecule has 1 fully saturated rings. The summed E-state index contributed by atoms with van der Waals surface area (Å²) in [6.45, 7) is 4.31. The van der Waals surface area contributed by atoms with Crippen LogP contribution in [0.25, 0.3) is 0 Å². The zero-order chi connectivity index (χ0) is 7.61. The second-order valence-corrected chi connectivity index (χ2v) is 4.16. The number of nitrogens with two attached hydrogens (primary N) is 1. The smallest absolute Gasteiger partial charge is 0.0125 e. The van der Waals surface area contributed by atoms with Crippen molar-refractivity contribution in [3.63, 3.8) is 0 Å². The normalized spacial score (nSPS) is 21.0. The van der Waals surface area contributed by atoms with Gasteiger partial charge in [-0.3, -0.25) is 0 Å². The van der Waals surface area contributed by atoms with E-state index in [1.807, 2.05) is 0 Å². The molecule has 68 valence electrons. The van der Waals surface area contributed by atoms with Gasteiger partial charge in [-0.1, -0.05) is 19.3 Å². The van der Waals surface area contributed by atoms with Gasteiger partial charge in [-0.05, 0) is 32.6 Å². The Labute approximate surface area is 76.1 Å². The molecule has 2 heteroatoms. The van der Waals surface area contributed by atoms with Crippen molar-refractivity contribution < 1.29 is 0 Å². The molecule has 0 aromatic carbocycles. The van der Waals surface area contributed by atoms with Crippen LogP contribution >= 0.6 is 12.4 Å². The summed E-state index contributed by atoms with van der Waals surface area (Å²) in [6, 6.07) is 0. The van der Waals surface area contributed by atoms with Crippen LogP contribution < -0.4 is 5.73 Å². The van der Waals surface area contributed by atoms with Gasteiger partial charge in [-0.25, -0.2) is 0 Å². The Hall–Kier alpha value is 0.250. The molecule has 1 aliphatic rings. The summed E-state index contributed by atoms with van der Waals surface area (Å²) in [4.78, 5) is 0. The average molecular weight is 178 g/mol. The predicted octanol–water partition coefficient (Wildman–Crippen LogP) is 2.73. The fourth-order valence-corrected chi connectivity index (χ4v) is 1.85. The zero-order valence-corrected chi connectivity index (χ0v) is 8.41. The van der Waals surface area contributed by atoms with E-state index in [1.165, 1.54) is 32.1 Å². The molecule has 0 aliphatic heterocycles. The lowest BCUT2D eigenvalue weighted by Crippen LogP contribution is -2.41. The van der Waals surface area contributed by atoms with E-state index in [-0.39, 0.29) is 17.9 Å². The molecule has 0 atom stereocenters. The van der Waals surface area contributed by atoms with Crippen LogP contribution in [0.15, 0.2) is 0 Å². The van der Waals surface area contributed by atoms with E-state index >= 15 is 0 Å². The van der Waals surface area contributed by atoms with Crippen molar-refractivity contribution in [3.05, 3.63) is 0 Å². The van der Waals surface area contributed by atoms with Crippen LogP contribution in [0, 0.1) is 5.92 Å². The molecule has 0 radical (unpaired) electrons. The minimum atomic E-state index is 0. The summed E-state index contributed by atoms with van der Waals surface area (Å²) in [5, 5.41) is 0. The van der Waals surface area contributed by atoms with Gasteiger partial charge >= 0.3 is 0 Å². The highest BCUT2D eigenvalue weighted by molar-refractivity contribution is 5.85. The minimum absolute atomic E-state index is 0. The van der Waals surface area contributed by atoms with Crippen LogP contribution in [0.5, 0.6) is 0 Å². The van der Waals surface area contributed by atoms with E-state index in [0.29, 0.717) is 0 Å². The second kappa shape index (κ2) is 4.32. The molecule has 1 rings (SSSR count). The second-order valence-electron chi connectivity index (χ2n) is 4.16. The SMILES string of the molecule is CC(C)(N)C1CCCCC1.Cl. The Morgan fingerprint density at radius 2 is 1.55 bits per heavy atom. The van der Waals surface area contributed by atoms with Crippen molar-refractivity contribution in [1.82, 2.24) is 0 Å². The summed E-state index contributed by atoms with van der Waals surface area (Å²) in [6.07, 6.45) is 6.91. The van der Waals surface area contributed by atoms with Crippen LogP contribution in [-0.2, 0) is 0 Å². The van der Waals surface area contributed by atoms with Gasteiger partial charge in [0.1, 0.15) is 0 Å². The maximum atomic E-state index is 6.01. The van der Waals surface area contributed by atoms with E-state index in [4.69, 9.17) is 5.73 Å². The van der Waals surface area contributed by atoms with Crippen molar-refractivity contribution >= 4 is 12.4 Å². The molecule has 0 aromatic heterocycles. The monoisotopic (exact) mass is 177 g/mol. The summed E-state index contributed by atoms with van der Waals surface area (Å²) in [7, 11) is 0. The maximum Gasteiger partial charge on any atom is 0.0125 e. The van der Waals surface area contributed by atoms with Crippen molar-refractivity contribution in [2.45, 2.75) is 51.5 Å². The average Bonchev–Trinajstić information content (AvgIpc) is 1.88. The molecule has 1 saturated carbocycles. The molecule has 0 spiro atoms. The number of rotatable bonds is 1. The van der Waals surface area contributed by atoms with E-state index in [0.717, 1.165) is 5.92 Å². The van der Waals surface area contributed by atoms with Crippen LogP contribution in [0.4, 0.5) is 0 Å². The van der Waals surface area contributed by atoms with Crippen LogP contribution in [0.1, 0.15) is 46.0 Å². The molecule has 11 heavy (non-hydrogen) atoms. The van der Waals surface area contributed by atoms with Gasteiger partial charge in [-0.2, -0.15) is 0 Å². The molecule has 0 bridgehead atoms. The highest BCUT2D eigenvalue weighted by Gasteiger charge is 2.25. The topological polar surface area (TPSA) is 26.0 Å². The molecule has 1 aliphatic carbocycles. The largest absolute Gasteiger partial charge is 0.325 e.